The molecule has 37 heavy (non-hydrogen) atoms. The summed E-state index contributed by atoms with van der Waals surface area (Å²) in [6.07, 6.45) is 27.6. The largest absolute Gasteiger partial charge is 0.355 e. The van der Waals surface area contributed by atoms with Gasteiger partial charge in [0.1, 0.15) is 13.6 Å². The highest BCUT2D eigenvalue weighted by Gasteiger charge is 2.11. The number of halogens is 2. The van der Waals surface area contributed by atoms with E-state index >= 15 is 0 Å². The van der Waals surface area contributed by atoms with Crippen molar-refractivity contribution in [2.24, 2.45) is 11.8 Å². The Morgan fingerprint density at radius 3 is 1.32 bits per heavy atom. The normalized spacial score (nSPS) is 15.5. The zero-order valence-corrected chi connectivity index (χ0v) is 26.3. The quantitative estimate of drug-likeness (QED) is 0.0410. The minimum Gasteiger partial charge on any atom is -0.355 e. The Hall–Kier alpha value is -0.0600. The van der Waals surface area contributed by atoms with Crippen molar-refractivity contribution in [3.05, 3.63) is 24.3 Å². The monoisotopic (exact) mass is 562 g/mol. The third-order valence-corrected chi connectivity index (χ3v) is 7.64. The van der Waals surface area contributed by atoms with Crippen LogP contribution in [-0.2, 0) is 14.2 Å². The molecule has 0 amide bonds. The van der Waals surface area contributed by atoms with Crippen molar-refractivity contribution in [1.29, 1.82) is 0 Å². The van der Waals surface area contributed by atoms with Crippen molar-refractivity contribution in [3.63, 3.8) is 0 Å². The summed E-state index contributed by atoms with van der Waals surface area (Å²) in [5, 5.41) is 0.578. The van der Waals surface area contributed by atoms with Gasteiger partial charge in [0, 0.05) is 24.0 Å². The molecule has 4 unspecified atom stereocenters. The molecule has 220 valence electrons. The highest BCUT2D eigenvalue weighted by atomic mass is 35.5. The predicted octanol–water partition coefficient (Wildman–Crippen LogP) is 10.8. The number of allylic oxidation sites excluding steroid dienone is 4. The lowest BCUT2D eigenvalue weighted by Crippen LogP contribution is -2.11. The summed E-state index contributed by atoms with van der Waals surface area (Å²) in [5.41, 5.74) is 0. The van der Waals surface area contributed by atoms with Crippen molar-refractivity contribution >= 4 is 23.2 Å². The topological polar surface area (TPSA) is 27.7 Å². The predicted molar refractivity (Wildman–Crippen MR) is 164 cm³/mol. The maximum absolute atomic E-state index is 6.46. The van der Waals surface area contributed by atoms with E-state index in [1.165, 1.54) is 25.7 Å². The van der Waals surface area contributed by atoms with Gasteiger partial charge < -0.3 is 14.2 Å². The molecule has 3 nitrogen and oxygen atoms in total. The Balaban J connectivity index is 4.13. The van der Waals surface area contributed by atoms with Crippen LogP contribution in [0.3, 0.4) is 0 Å². The van der Waals surface area contributed by atoms with Crippen LogP contribution in [-0.4, -0.2) is 37.6 Å². The van der Waals surface area contributed by atoms with Gasteiger partial charge in [-0.1, -0.05) is 90.5 Å². The van der Waals surface area contributed by atoms with Crippen LogP contribution < -0.4 is 0 Å². The number of alkyl halides is 2. The first kappa shape index (κ1) is 36.9. The summed E-state index contributed by atoms with van der Waals surface area (Å²) in [5.74, 6) is 1.05. The molecule has 0 N–H and O–H groups in total. The summed E-state index contributed by atoms with van der Waals surface area (Å²) in [6.45, 7) is 10.8. The molecule has 0 fully saturated rings. The van der Waals surface area contributed by atoms with Gasteiger partial charge in [-0.15, -0.1) is 23.2 Å². The van der Waals surface area contributed by atoms with Crippen LogP contribution in [0.1, 0.15) is 130 Å². The van der Waals surface area contributed by atoms with Crippen LogP contribution in [0.25, 0.3) is 0 Å². The lowest BCUT2D eigenvalue weighted by Gasteiger charge is -2.16. The van der Waals surface area contributed by atoms with Crippen LogP contribution in [0.2, 0.25) is 0 Å². The van der Waals surface area contributed by atoms with Crippen LogP contribution in [0.4, 0.5) is 0 Å². The van der Waals surface area contributed by atoms with Crippen molar-refractivity contribution in [3.8, 4) is 0 Å². The molecule has 0 aliphatic rings. The van der Waals surface area contributed by atoms with E-state index in [0.717, 1.165) is 77.0 Å². The summed E-state index contributed by atoms with van der Waals surface area (Å²) in [4.78, 5) is 0. The molecular formula is C32H60Cl2O3. The molecular weight excluding hydrogens is 503 g/mol. The number of ether oxygens (including phenoxy) is 3. The number of hydrogen-bond donors (Lipinski definition) is 0. The average Bonchev–Trinajstić information content (AvgIpc) is 2.89. The molecule has 0 aliphatic heterocycles. The second kappa shape index (κ2) is 28.9. The smallest absolute Gasteiger partial charge is 0.149 e. The molecule has 0 aliphatic carbocycles. The molecule has 0 rings (SSSR count). The highest BCUT2D eigenvalue weighted by Crippen LogP contribution is 2.21. The zero-order chi connectivity index (χ0) is 27.4. The van der Waals surface area contributed by atoms with Crippen LogP contribution in [0, 0.1) is 11.8 Å². The Labute approximate surface area is 241 Å². The highest BCUT2D eigenvalue weighted by molar-refractivity contribution is 6.20. The summed E-state index contributed by atoms with van der Waals surface area (Å²) in [7, 11) is 0. The van der Waals surface area contributed by atoms with Gasteiger partial charge in [0.2, 0.25) is 0 Å². The Bertz CT molecular complexity index is 468. The molecule has 0 heterocycles. The standard InChI is InChI=1S/C32H60Cl2O3/c1-5-9-11-13-17-29(19-21-31(33)15-7-3)23-25-35-27-37-28-36-26-24-30(18-14-12-10-6-2)20-22-32(34)16-8-4/h13-14,17-18,29-32H,5-12,15-16,19-28H2,1-4H3. The first-order chi connectivity index (χ1) is 18.1. The van der Waals surface area contributed by atoms with Crippen molar-refractivity contribution in [2.75, 3.05) is 26.8 Å². The first-order valence-corrected chi connectivity index (χ1v) is 16.3. The summed E-state index contributed by atoms with van der Waals surface area (Å²) >= 11 is 12.9. The number of unbranched alkanes of at least 4 members (excludes halogenated alkanes) is 4. The Morgan fingerprint density at radius 2 is 0.946 bits per heavy atom. The molecule has 0 saturated heterocycles. The summed E-state index contributed by atoms with van der Waals surface area (Å²) < 4.78 is 17.0. The van der Waals surface area contributed by atoms with Gasteiger partial charge in [-0.2, -0.15) is 0 Å². The van der Waals surface area contributed by atoms with Crippen LogP contribution in [0.5, 0.6) is 0 Å². The van der Waals surface area contributed by atoms with Gasteiger partial charge in [0.05, 0.1) is 0 Å². The maximum Gasteiger partial charge on any atom is 0.149 e. The average molecular weight is 564 g/mol. The van der Waals surface area contributed by atoms with E-state index in [1.807, 2.05) is 0 Å². The Morgan fingerprint density at radius 1 is 0.514 bits per heavy atom. The molecule has 5 heteroatoms. The lowest BCUT2D eigenvalue weighted by molar-refractivity contribution is -0.133. The molecule has 4 atom stereocenters. The molecule has 0 bridgehead atoms. The van der Waals surface area contributed by atoms with E-state index < -0.39 is 0 Å². The van der Waals surface area contributed by atoms with Gasteiger partial charge >= 0.3 is 0 Å². The number of hydrogen-bond acceptors (Lipinski definition) is 3. The van der Waals surface area contributed by atoms with E-state index in [4.69, 9.17) is 37.4 Å². The van der Waals surface area contributed by atoms with Crippen LogP contribution in [0.15, 0.2) is 24.3 Å². The summed E-state index contributed by atoms with van der Waals surface area (Å²) in [6, 6.07) is 0. The Kier molecular flexibility index (Phi) is 28.9. The molecule has 0 aromatic rings. The molecule has 0 saturated carbocycles. The van der Waals surface area contributed by atoms with Crippen LogP contribution >= 0.6 is 23.2 Å². The molecule has 0 aromatic carbocycles. The second-order valence-electron chi connectivity index (χ2n) is 10.4. The van der Waals surface area contributed by atoms with Gasteiger partial charge in [0.15, 0.2) is 0 Å². The number of rotatable bonds is 28. The van der Waals surface area contributed by atoms with Crippen molar-refractivity contribution in [1.82, 2.24) is 0 Å². The fourth-order valence-corrected chi connectivity index (χ4v) is 5.03. The van der Waals surface area contributed by atoms with E-state index in [1.54, 1.807) is 0 Å². The fraction of sp³-hybridized carbons (Fsp3) is 0.875. The third kappa shape index (κ3) is 26.0. The third-order valence-electron chi connectivity index (χ3n) is 6.77. The SMILES string of the molecule is CCCCC=CC(CCOCOCOCCC(C=CCCCC)CCC(Cl)CCC)CCC(Cl)CCC. The van der Waals surface area contributed by atoms with E-state index in [-0.39, 0.29) is 24.3 Å². The zero-order valence-electron chi connectivity index (χ0n) is 24.7. The van der Waals surface area contributed by atoms with Crippen molar-refractivity contribution < 1.29 is 14.2 Å². The maximum atomic E-state index is 6.46. The minimum atomic E-state index is 0.283. The van der Waals surface area contributed by atoms with Gasteiger partial charge in [-0.05, 0) is 76.0 Å². The molecule has 0 spiro atoms. The fourth-order valence-electron chi connectivity index (χ4n) is 4.34. The molecule has 0 radical (unpaired) electrons. The minimum absolute atomic E-state index is 0.283. The van der Waals surface area contributed by atoms with E-state index in [0.29, 0.717) is 25.0 Å². The molecule has 0 aromatic heterocycles. The van der Waals surface area contributed by atoms with E-state index in [9.17, 15) is 0 Å². The van der Waals surface area contributed by atoms with Gasteiger partial charge in [0.25, 0.3) is 0 Å². The second-order valence-corrected chi connectivity index (χ2v) is 11.7. The van der Waals surface area contributed by atoms with E-state index in [2.05, 4.69) is 52.0 Å². The van der Waals surface area contributed by atoms with Crippen molar-refractivity contribution in [2.45, 2.75) is 141 Å². The van der Waals surface area contributed by atoms with Gasteiger partial charge in [-0.3, -0.25) is 0 Å². The first-order valence-electron chi connectivity index (χ1n) is 15.4. The lowest BCUT2D eigenvalue weighted by atomic mass is 9.96. The van der Waals surface area contributed by atoms with Gasteiger partial charge in [-0.25, -0.2) is 0 Å².